The van der Waals surface area contributed by atoms with Crippen LogP contribution in [0, 0.1) is 21.4 Å². The molecule has 0 N–H and O–H groups in total. The fourth-order valence-corrected chi connectivity index (χ4v) is 2.82. The summed E-state index contributed by atoms with van der Waals surface area (Å²) in [6.45, 7) is 0.0672. The highest BCUT2D eigenvalue weighted by Gasteiger charge is 2.19. The number of anilines is 1. The fourth-order valence-electron chi connectivity index (χ4n) is 2.82. The Morgan fingerprint density at radius 3 is 2.31 bits per heavy atom. The molecule has 0 heterocycles. The molecule has 142 valence electrons. The van der Waals surface area contributed by atoms with E-state index in [-0.39, 0.29) is 18.1 Å². The lowest BCUT2D eigenvalue weighted by atomic mass is 10.1. The van der Waals surface area contributed by atoms with Crippen molar-refractivity contribution in [3.05, 3.63) is 112 Å². The van der Waals surface area contributed by atoms with Gasteiger partial charge in [0.25, 0.3) is 11.6 Å². The Balaban J connectivity index is 1.90. The molecule has 0 atom stereocenters. The minimum Gasteiger partial charge on any atom is -0.304 e. The molecule has 3 aromatic carbocycles. The Morgan fingerprint density at radius 1 is 1.00 bits per heavy atom. The van der Waals surface area contributed by atoms with Crippen molar-refractivity contribution in [1.82, 2.24) is 0 Å². The molecule has 0 spiro atoms. The first kappa shape index (κ1) is 19.5. The van der Waals surface area contributed by atoms with Gasteiger partial charge in [-0.3, -0.25) is 14.9 Å². The smallest absolute Gasteiger partial charge is 0.274 e. The monoisotopic (exact) mass is 383 g/mol. The second-order valence-corrected chi connectivity index (χ2v) is 6.21. The Kier molecular flexibility index (Phi) is 6.13. The molecule has 0 aliphatic rings. The molecule has 0 aliphatic heterocycles. The molecule has 0 aromatic heterocycles. The van der Waals surface area contributed by atoms with E-state index in [1.807, 2.05) is 12.1 Å². The Bertz CT molecular complexity index is 1080. The van der Waals surface area contributed by atoms with Crippen LogP contribution >= 0.6 is 0 Å². The minimum absolute atomic E-state index is 0.0303. The van der Waals surface area contributed by atoms with Crippen molar-refractivity contribution in [1.29, 1.82) is 5.26 Å². The normalized spacial score (nSPS) is 10.4. The van der Waals surface area contributed by atoms with E-state index in [1.165, 1.54) is 17.0 Å². The van der Waals surface area contributed by atoms with Gasteiger partial charge >= 0.3 is 0 Å². The first-order valence-corrected chi connectivity index (χ1v) is 8.85. The average Bonchev–Trinajstić information content (AvgIpc) is 2.77. The van der Waals surface area contributed by atoms with Gasteiger partial charge in [-0.05, 0) is 35.9 Å². The van der Waals surface area contributed by atoms with Gasteiger partial charge in [-0.15, -0.1) is 0 Å². The van der Waals surface area contributed by atoms with Gasteiger partial charge in [0.1, 0.15) is 0 Å². The molecule has 0 aliphatic carbocycles. The van der Waals surface area contributed by atoms with Gasteiger partial charge < -0.3 is 4.90 Å². The van der Waals surface area contributed by atoms with Crippen LogP contribution in [0.15, 0.2) is 84.9 Å². The van der Waals surface area contributed by atoms with Gasteiger partial charge in [0.15, 0.2) is 0 Å². The third kappa shape index (κ3) is 4.93. The van der Waals surface area contributed by atoms with E-state index in [0.717, 1.165) is 5.56 Å². The van der Waals surface area contributed by atoms with Gasteiger partial charge in [0.2, 0.25) is 0 Å². The predicted molar refractivity (Wildman–Crippen MR) is 111 cm³/mol. The van der Waals surface area contributed by atoms with E-state index in [4.69, 9.17) is 5.26 Å². The van der Waals surface area contributed by atoms with E-state index in [9.17, 15) is 14.9 Å². The zero-order valence-corrected chi connectivity index (χ0v) is 15.4. The highest BCUT2D eigenvalue weighted by atomic mass is 16.6. The molecule has 6 nitrogen and oxygen atoms in total. The van der Waals surface area contributed by atoms with Crippen LogP contribution in [-0.4, -0.2) is 10.8 Å². The molecule has 0 fully saturated rings. The largest absolute Gasteiger partial charge is 0.304 e. The van der Waals surface area contributed by atoms with E-state index in [2.05, 4.69) is 0 Å². The van der Waals surface area contributed by atoms with Gasteiger partial charge in [-0.1, -0.05) is 48.5 Å². The summed E-state index contributed by atoms with van der Waals surface area (Å²) in [7, 11) is 0. The van der Waals surface area contributed by atoms with Crippen molar-refractivity contribution in [2.75, 3.05) is 4.90 Å². The number of nitriles is 1. The summed E-state index contributed by atoms with van der Waals surface area (Å²) in [6, 6.07) is 24.3. The summed E-state index contributed by atoms with van der Waals surface area (Å²) in [5.41, 5.74) is 2.37. The number of rotatable bonds is 6. The second kappa shape index (κ2) is 9.11. The van der Waals surface area contributed by atoms with E-state index < -0.39 is 4.92 Å². The summed E-state index contributed by atoms with van der Waals surface area (Å²) in [5.74, 6) is -0.307. The highest BCUT2D eigenvalue weighted by molar-refractivity contribution is 6.03. The zero-order valence-electron chi connectivity index (χ0n) is 15.4. The van der Waals surface area contributed by atoms with Crippen molar-refractivity contribution < 1.29 is 9.72 Å². The molecule has 0 bridgehead atoms. The Labute approximate surface area is 168 Å². The van der Waals surface area contributed by atoms with Crippen LogP contribution in [0.1, 0.15) is 16.7 Å². The lowest BCUT2D eigenvalue weighted by Crippen LogP contribution is -2.29. The first-order chi connectivity index (χ1) is 14.1. The molecule has 3 rings (SSSR count). The number of hydrogen-bond acceptors (Lipinski definition) is 4. The van der Waals surface area contributed by atoms with E-state index in [1.54, 1.807) is 72.8 Å². The van der Waals surface area contributed by atoms with Crippen LogP contribution in [0.2, 0.25) is 0 Å². The van der Waals surface area contributed by atoms with Crippen molar-refractivity contribution in [3.63, 3.8) is 0 Å². The topological polar surface area (TPSA) is 87.2 Å². The van der Waals surface area contributed by atoms with Crippen LogP contribution in [-0.2, 0) is 11.3 Å². The highest BCUT2D eigenvalue weighted by Crippen LogP contribution is 2.23. The van der Waals surface area contributed by atoms with Gasteiger partial charge in [0, 0.05) is 23.4 Å². The maximum absolute atomic E-state index is 12.9. The third-order valence-electron chi connectivity index (χ3n) is 4.31. The van der Waals surface area contributed by atoms with E-state index >= 15 is 0 Å². The van der Waals surface area contributed by atoms with Crippen LogP contribution in [0.25, 0.3) is 6.08 Å². The number of nitro benzene ring substituents is 1. The second-order valence-electron chi connectivity index (χ2n) is 6.21. The summed E-state index contributed by atoms with van der Waals surface area (Å²) in [6.07, 6.45) is 3.07. The molecule has 0 unspecified atom stereocenters. The molecule has 3 aromatic rings. The van der Waals surface area contributed by atoms with Crippen LogP contribution < -0.4 is 4.90 Å². The zero-order chi connectivity index (χ0) is 20.6. The standard InChI is InChI=1S/C23H17N3O3/c24-16-19-12-10-18(11-13-19)14-15-23(27)25(21-7-2-1-3-8-21)17-20-6-4-5-9-22(20)26(28)29/h1-15H,17H2/b15-14+. The first-order valence-electron chi connectivity index (χ1n) is 8.85. The average molecular weight is 383 g/mol. The number of hydrogen-bond donors (Lipinski definition) is 0. The lowest BCUT2D eigenvalue weighted by Gasteiger charge is -2.21. The molecule has 0 saturated carbocycles. The Hall–Kier alpha value is -4.24. The van der Waals surface area contributed by atoms with Crippen LogP contribution in [0.4, 0.5) is 11.4 Å². The Morgan fingerprint density at radius 2 is 1.66 bits per heavy atom. The summed E-state index contributed by atoms with van der Waals surface area (Å²) < 4.78 is 0. The fraction of sp³-hybridized carbons (Fsp3) is 0.0435. The van der Waals surface area contributed by atoms with Gasteiger partial charge in [-0.25, -0.2) is 0 Å². The number of benzene rings is 3. The molecular formula is C23H17N3O3. The van der Waals surface area contributed by atoms with Crippen LogP contribution in [0.3, 0.4) is 0 Å². The number of nitro groups is 1. The third-order valence-corrected chi connectivity index (χ3v) is 4.31. The molecule has 0 saturated heterocycles. The number of carbonyl (C=O) groups is 1. The van der Waals surface area contributed by atoms with Crippen molar-refractivity contribution in [3.8, 4) is 6.07 Å². The molecule has 6 heteroatoms. The predicted octanol–water partition coefficient (Wildman–Crippen LogP) is 4.71. The maximum Gasteiger partial charge on any atom is 0.274 e. The summed E-state index contributed by atoms with van der Waals surface area (Å²) in [4.78, 5) is 25.3. The van der Waals surface area contributed by atoms with E-state index in [0.29, 0.717) is 16.8 Å². The molecule has 0 radical (unpaired) electrons. The van der Waals surface area contributed by atoms with Crippen molar-refractivity contribution in [2.24, 2.45) is 0 Å². The molecule has 29 heavy (non-hydrogen) atoms. The van der Waals surface area contributed by atoms with Crippen molar-refractivity contribution >= 4 is 23.4 Å². The summed E-state index contributed by atoms with van der Waals surface area (Å²) in [5, 5.41) is 20.2. The van der Waals surface area contributed by atoms with Gasteiger partial charge in [0.05, 0.1) is 23.1 Å². The van der Waals surface area contributed by atoms with Crippen molar-refractivity contribution in [2.45, 2.75) is 6.54 Å². The number of para-hydroxylation sites is 2. The molecular weight excluding hydrogens is 366 g/mol. The quantitative estimate of drug-likeness (QED) is 0.350. The summed E-state index contributed by atoms with van der Waals surface area (Å²) >= 11 is 0. The lowest BCUT2D eigenvalue weighted by molar-refractivity contribution is -0.385. The number of amides is 1. The number of carbonyl (C=O) groups excluding carboxylic acids is 1. The SMILES string of the molecule is N#Cc1ccc(/C=C/C(=O)N(Cc2ccccc2[N+](=O)[O-])c2ccccc2)cc1. The van der Waals surface area contributed by atoms with Gasteiger partial charge in [-0.2, -0.15) is 5.26 Å². The maximum atomic E-state index is 12.9. The number of nitrogens with zero attached hydrogens (tertiary/aromatic N) is 3. The molecule has 1 amide bonds. The minimum atomic E-state index is -0.449. The van der Waals surface area contributed by atoms with Crippen LogP contribution in [0.5, 0.6) is 0 Å².